The van der Waals surface area contributed by atoms with Crippen molar-refractivity contribution in [2.24, 2.45) is 7.05 Å². The molecule has 0 unspecified atom stereocenters. The smallest absolute Gasteiger partial charge is 0.199 e. The van der Waals surface area contributed by atoms with Crippen molar-refractivity contribution in [3.8, 4) is 11.5 Å². The molecule has 6 nitrogen and oxygen atoms in total. The third-order valence-electron chi connectivity index (χ3n) is 4.06. The highest BCUT2D eigenvalue weighted by atomic mass is 16.5. The molecule has 1 N–H and O–H groups in total. The Bertz CT molecular complexity index is 769. The molecule has 1 aliphatic rings. The van der Waals surface area contributed by atoms with Gasteiger partial charge in [0.15, 0.2) is 5.82 Å². The van der Waals surface area contributed by atoms with Gasteiger partial charge in [-0.1, -0.05) is 0 Å². The lowest BCUT2D eigenvalue weighted by Crippen LogP contribution is -2.15. The first kappa shape index (κ1) is 12.5. The predicted octanol–water partition coefficient (Wildman–Crippen LogP) is 2.25. The van der Waals surface area contributed by atoms with Crippen LogP contribution in [0.3, 0.4) is 0 Å². The van der Waals surface area contributed by atoms with Crippen molar-refractivity contribution in [3.63, 3.8) is 0 Å². The van der Waals surface area contributed by atoms with Crippen LogP contribution in [0.15, 0.2) is 24.4 Å². The van der Waals surface area contributed by atoms with Gasteiger partial charge in [-0.2, -0.15) is 5.10 Å². The van der Waals surface area contributed by atoms with Gasteiger partial charge in [0.25, 0.3) is 0 Å². The maximum Gasteiger partial charge on any atom is 0.199 e. The van der Waals surface area contributed by atoms with Crippen molar-refractivity contribution in [3.05, 3.63) is 30.2 Å². The summed E-state index contributed by atoms with van der Waals surface area (Å²) in [5.74, 6) is 2.03. The Morgan fingerprint density at radius 3 is 2.90 bits per heavy atom. The Balaban J connectivity index is 1.68. The number of H-pyrrole nitrogens is 1. The summed E-state index contributed by atoms with van der Waals surface area (Å²) in [6, 6.07) is 6.08. The minimum atomic E-state index is 0.416. The van der Waals surface area contributed by atoms with Gasteiger partial charge in [-0.05, 0) is 31.0 Å². The maximum absolute atomic E-state index is 5.39. The second-order valence-corrected chi connectivity index (χ2v) is 5.47. The average Bonchev–Trinajstić information content (AvgIpc) is 3.16. The molecule has 0 amide bonds. The summed E-state index contributed by atoms with van der Waals surface area (Å²) in [6.07, 6.45) is 4.00. The lowest BCUT2D eigenvalue weighted by atomic mass is 10.00. The Hall–Kier alpha value is -2.21. The molecule has 0 aliphatic carbocycles. The van der Waals surface area contributed by atoms with E-state index in [9.17, 15) is 0 Å². The van der Waals surface area contributed by atoms with Gasteiger partial charge in [0.1, 0.15) is 17.2 Å². The van der Waals surface area contributed by atoms with Crippen LogP contribution in [0.4, 0.5) is 0 Å². The summed E-state index contributed by atoms with van der Waals surface area (Å²) < 4.78 is 7.39. The molecule has 0 bridgehead atoms. The molecule has 1 saturated heterocycles. The van der Waals surface area contributed by atoms with Crippen LogP contribution in [0.5, 0.6) is 0 Å². The number of aromatic nitrogens is 5. The fourth-order valence-electron chi connectivity index (χ4n) is 2.80. The van der Waals surface area contributed by atoms with E-state index in [2.05, 4.69) is 32.3 Å². The fraction of sp³-hybridized carbons (Fsp3) is 0.400. The molecule has 3 aromatic heterocycles. The van der Waals surface area contributed by atoms with Gasteiger partial charge >= 0.3 is 0 Å². The number of ether oxygens (including phenoxy) is 1. The molecule has 0 saturated carbocycles. The van der Waals surface area contributed by atoms with Crippen molar-refractivity contribution in [1.29, 1.82) is 0 Å². The first-order valence-corrected chi connectivity index (χ1v) is 7.24. The maximum atomic E-state index is 5.39. The lowest BCUT2D eigenvalue weighted by Gasteiger charge is -2.19. The molecule has 108 valence electrons. The van der Waals surface area contributed by atoms with Crippen molar-refractivity contribution in [2.75, 3.05) is 13.2 Å². The van der Waals surface area contributed by atoms with E-state index >= 15 is 0 Å². The van der Waals surface area contributed by atoms with E-state index in [0.717, 1.165) is 48.6 Å². The Morgan fingerprint density at radius 1 is 1.19 bits per heavy atom. The first-order valence-electron chi connectivity index (χ1n) is 7.24. The minimum absolute atomic E-state index is 0.416. The van der Waals surface area contributed by atoms with E-state index in [4.69, 9.17) is 4.74 Å². The second kappa shape index (κ2) is 4.96. The number of pyridine rings is 1. The summed E-state index contributed by atoms with van der Waals surface area (Å²) >= 11 is 0. The Kier molecular flexibility index (Phi) is 2.96. The molecule has 1 fully saturated rings. The normalized spacial score (nSPS) is 16.6. The zero-order valence-electron chi connectivity index (χ0n) is 11.9. The number of rotatable bonds is 2. The largest absolute Gasteiger partial charge is 0.381 e. The molecule has 6 heteroatoms. The van der Waals surface area contributed by atoms with Gasteiger partial charge in [-0.15, -0.1) is 0 Å². The second-order valence-electron chi connectivity index (χ2n) is 5.47. The number of hydrogen-bond acceptors (Lipinski definition) is 4. The highest BCUT2D eigenvalue weighted by Crippen LogP contribution is 2.26. The number of hydrogen-bond donors (Lipinski definition) is 1. The van der Waals surface area contributed by atoms with E-state index < -0.39 is 0 Å². The lowest BCUT2D eigenvalue weighted by molar-refractivity contribution is 0.0836. The monoisotopic (exact) mass is 283 g/mol. The fourth-order valence-corrected chi connectivity index (χ4v) is 2.80. The molecule has 0 radical (unpaired) electrons. The van der Waals surface area contributed by atoms with Crippen LogP contribution in [0.1, 0.15) is 24.6 Å². The van der Waals surface area contributed by atoms with Gasteiger partial charge < -0.3 is 9.30 Å². The molecular weight excluding hydrogens is 266 g/mol. The number of aromatic amines is 1. The standard InChI is InChI=1S/C15H17N5O/c1-20-7-4-11-2-3-12(16-15(11)20)14-17-13(18-19-14)10-5-8-21-9-6-10/h2-4,7,10H,5-6,8-9H2,1H3,(H,17,18,19). The van der Waals surface area contributed by atoms with Crippen LogP contribution in [0.25, 0.3) is 22.6 Å². The zero-order chi connectivity index (χ0) is 14.2. The number of nitrogens with zero attached hydrogens (tertiary/aromatic N) is 4. The SMILES string of the molecule is Cn1ccc2ccc(-c3n[nH]c(C4CCOCC4)n3)nc21. The van der Waals surface area contributed by atoms with E-state index in [1.807, 2.05) is 23.9 Å². The molecule has 0 aromatic carbocycles. The number of nitrogens with one attached hydrogen (secondary N) is 1. The number of fused-ring (bicyclic) bond motifs is 1. The molecule has 21 heavy (non-hydrogen) atoms. The molecule has 4 rings (SSSR count). The van der Waals surface area contributed by atoms with Gasteiger partial charge in [0, 0.05) is 37.8 Å². The quantitative estimate of drug-likeness (QED) is 0.783. The van der Waals surface area contributed by atoms with Crippen molar-refractivity contribution in [2.45, 2.75) is 18.8 Å². The van der Waals surface area contributed by atoms with Crippen molar-refractivity contribution in [1.82, 2.24) is 24.7 Å². The van der Waals surface area contributed by atoms with Gasteiger partial charge in [0.05, 0.1) is 0 Å². The van der Waals surface area contributed by atoms with Gasteiger partial charge in [-0.25, -0.2) is 9.97 Å². The molecule has 0 atom stereocenters. The molecule has 4 heterocycles. The van der Waals surface area contributed by atoms with E-state index in [-0.39, 0.29) is 0 Å². The Morgan fingerprint density at radius 2 is 2.05 bits per heavy atom. The molecular formula is C15H17N5O. The summed E-state index contributed by atoms with van der Waals surface area (Å²) in [5.41, 5.74) is 1.75. The van der Waals surface area contributed by atoms with Gasteiger partial charge in [-0.3, -0.25) is 5.10 Å². The van der Waals surface area contributed by atoms with Crippen molar-refractivity contribution < 1.29 is 4.74 Å². The highest BCUT2D eigenvalue weighted by molar-refractivity contribution is 5.78. The van der Waals surface area contributed by atoms with Crippen LogP contribution >= 0.6 is 0 Å². The van der Waals surface area contributed by atoms with Crippen LogP contribution in [0, 0.1) is 0 Å². The van der Waals surface area contributed by atoms with Crippen LogP contribution in [-0.2, 0) is 11.8 Å². The van der Waals surface area contributed by atoms with E-state index in [0.29, 0.717) is 11.7 Å². The predicted molar refractivity (Wildman–Crippen MR) is 78.9 cm³/mol. The Labute approximate surface area is 122 Å². The topological polar surface area (TPSA) is 68.6 Å². The third kappa shape index (κ3) is 2.21. The van der Waals surface area contributed by atoms with E-state index in [1.54, 1.807) is 0 Å². The number of aryl methyl sites for hydroxylation is 1. The average molecular weight is 283 g/mol. The first-order chi connectivity index (χ1) is 10.3. The van der Waals surface area contributed by atoms with Crippen LogP contribution < -0.4 is 0 Å². The summed E-state index contributed by atoms with van der Waals surface area (Å²) in [7, 11) is 1.99. The molecule has 3 aromatic rings. The summed E-state index contributed by atoms with van der Waals surface area (Å²) in [4.78, 5) is 9.29. The van der Waals surface area contributed by atoms with Crippen LogP contribution in [0.2, 0.25) is 0 Å². The van der Waals surface area contributed by atoms with E-state index in [1.165, 1.54) is 0 Å². The summed E-state index contributed by atoms with van der Waals surface area (Å²) in [5, 5.41) is 8.53. The zero-order valence-corrected chi connectivity index (χ0v) is 11.9. The van der Waals surface area contributed by atoms with Crippen LogP contribution in [-0.4, -0.2) is 37.9 Å². The third-order valence-corrected chi connectivity index (χ3v) is 4.06. The van der Waals surface area contributed by atoms with Gasteiger partial charge in [0.2, 0.25) is 0 Å². The summed E-state index contributed by atoms with van der Waals surface area (Å²) in [6.45, 7) is 1.60. The minimum Gasteiger partial charge on any atom is -0.381 e. The van der Waals surface area contributed by atoms with Crippen molar-refractivity contribution >= 4 is 11.0 Å². The molecule has 1 aliphatic heterocycles. The highest BCUT2D eigenvalue weighted by Gasteiger charge is 2.20. The molecule has 0 spiro atoms.